The summed E-state index contributed by atoms with van der Waals surface area (Å²) in [5.74, 6) is 1.04. The highest BCUT2D eigenvalue weighted by molar-refractivity contribution is 5.95. The molecule has 2 amide bonds. The van der Waals surface area contributed by atoms with E-state index in [1.807, 2.05) is 38.1 Å². The molecule has 0 N–H and O–H groups in total. The third-order valence-electron chi connectivity index (χ3n) is 6.48. The van der Waals surface area contributed by atoms with Gasteiger partial charge >= 0.3 is 0 Å². The molecule has 5 rings (SSSR count). The molecule has 1 fully saturated rings. The fourth-order valence-electron chi connectivity index (χ4n) is 4.63. The molecule has 1 aromatic carbocycles. The number of anilines is 1. The Balaban J connectivity index is 1.50. The van der Waals surface area contributed by atoms with Crippen molar-refractivity contribution in [1.82, 2.24) is 25.2 Å². The van der Waals surface area contributed by atoms with Gasteiger partial charge in [-0.3, -0.25) is 14.5 Å². The van der Waals surface area contributed by atoms with Crippen molar-refractivity contribution in [2.24, 2.45) is 0 Å². The van der Waals surface area contributed by atoms with Crippen LogP contribution in [0.4, 0.5) is 5.82 Å². The Morgan fingerprint density at radius 3 is 2.58 bits per heavy atom. The van der Waals surface area contributed by atoms with Crippen LogP contribution in [0.2, 0.25) is 0 Å². The zero-order valence-corrected chi connectivity index (χ0v) is 19.0. The number of hydrogen-bond donors (Lipinski definition) is 0. The van der Waals surface area contributed by atoms with Gasteiger partial charge in [0.25, 0.3) is 5.91 Å². The Morgan fingerprint density at radius 1 is 1.06 bits per heavy atom. The molecule has 33 heavy (non-hydrogen) atoms. The summed E-state index contributed by atoms with van der Waals surface area (Å²) < 4.78 is 4.73. The van der Waals surface area contributed by atoms with Crippen LogP contribution in [-0.2, 0) is 17.8 Å². The molecule has 4 heterocycles. The maximum atomic E-state index is 13.1. The SMILES string of the molecule is Cc1ccc(CN2C(=O)CCc3c(C)nc([C@@H]4CCCN4C(=O)c4nonc4C)nc32)cc1. The van der Waals surface area contributed by atoms with Crippen LogP contribution < -0.4 is 4.90 Å². The fourth-order valence-corrected chi connectivity index (χ4v) is 4.63. The number of carbonyl (C=O) groups excluding carboxylic acids is 2. The molecule has 0 spiro atoms. The third kappa shape index (κ3) is 3.88. The first-order valence-corrected chi connectivity index (χ1v) is 11.3. The third-order valence-corrected chi connectivity index (χ3v) is 6.48. The summed E-state index contributed by atoms with van der Waals surface area (Å²) in [6.45, 7) is 6.74. The quantitative estimate of drug-likeness (QED) is 0.606. The molecular formula is C24H26N6O3. The molecule has 3 aromatic rings. The molecule has 0 radical (unpaired) electrons. The van der Waals surface area contributed by atoms with Gasteiger partial charge in [-0.25, -0.2) is 14.6 Å². The highest BCUT2D eigenvalue weighted by atomic mass is 16.6. The maximum absolute atomic E-state index is 13.1. The maximum Gasteiger partial charge on any atom is 0.278 e. The number of benzene rings is 1. The lowest BCUT2D eigenvalue weighted by Crippen LogP contribution is -2.37. The molecule has 1 saturated heterocycles. The van der Waals surface area contributed by atoms with E-state index in [4.69, 9.17) is 14.6 Å². The van der Waals surface area contributed by atoms with Crippen LogP contribution in [0.3, 0.4) is 0 Å². The highest BCUT2D eigenvalue weighted by Crippen LogP contribution is 2.35. The van der Waals surface area contributed by atoms with Crippen molar-refractivity contribution >= 4 is 17.6 Å². The van der Waals surface area contributed by atoms with E-state index in [9.17, 15) is 9.59 Å². The summed E-state index contributed by atoms with van der Waals surface area (Å²) in [4.78, 5) is 39.2. The van der Waals surface area contributed by atoms with Gasteiger partial charge in [-0.1, -0.05) is 35.0 Å². The Labute approximate surface area is 191 Å². The molecule has 170 valence electrons. The first kappa shape index (κ1) is 21.2. The van der Waals surface area contributed by atoms with E-state index in [2.05, 4.69) is 10.3 Å². The normalized spacial score (nSPS) is 18.0. The Kier molecular flexibility index (Phi) is 5.39. The minimum Gasteiger partial charge on any atom is -0.327 e. The van der Waals surface area contributed by atoms with Gasteiger partial charge in [0.15, 0.2) is 11.5 Å². The molecule has 2 aromatic heterocycles. The smallest absolute Gasteiger partial charge is 0.278 e. The Bertz CT molecular complexity index is 1220. The van der Waals surface area contributed by atoms with Crippen molar-refractivity contribution < 1.29 is 14.2 Å². The van der Waals surface area contributed by atoms with Gasteiger partial charge in [-0.2, -0.15) is 0 Å². The van der Waals surface area contributed by atoms with Gasteiger partial charge in [0.05, 0.1) is 12.6 Å². The highest BCUT2D eigenvalue weighted by Gasteiger charge is 2.37. The number of fused-ring (bicyclic) bond motifs is 1. The van der Waals surface area contributed by atoms with E-state index in [0.29, 0.717) is 43.3 Å². The van der Waals surface area contributed by atoms with Crippen molar-refractivity contribution in [2.45, 2.75) is 59.0 Å². The number of rotatable bonds is 4. The molecule has 0 bridgehead atoms. The topological polar surface area (TPSA) is 105 Å². The van der Waals surface area contributed by atoms with Crippen molar-refractivity contribution in [3.63, 3.8) is 0 Å². The molecule has 1 atom stereocenters. The molecule has 0 unspecified atom stereocenters. The number of hydrogen-bond acceptors (Lipinski definition) is 7. The zero-order chi connectivity index (χ0) is 23.1. The van der Waals surface area contributed by atoms with Crippen LogP contribution in [-0.4, -0.2) is 43.5 Å². The van der Waals surface area contributed by atoms with E-state index in [-0.39, 0.29) is 23.6 Å². The predicted molar refractivity (Wildman–Crippen MR) is 120 cm³/mol. The van der Waals surface area contributed by atoms with Gasteiger partial charge in [0, 0.05) is 24.2 Å². The standard InChI is InChI=1S/C24H26N6O3/c1-14-6-8-17(9-7-14)13-30-20(31)11-10-18-15(2)25-22(26-23(18)30)19-5-4-12-29(19)24(32)21-16(3)27-33-28-21/h6-9,19H,4-5,10-13H2,1-3H3/t19-/m0/s1. The summed E-state index contributed by atoms with van der Waals surface area (Å²) in [5.41, 5.74) is 4.75. The van der Waals surface area contributed by atoms with Gasteiger partial charge in [0.2, 0.25) is 5.91 Å². The first-order valence-electron chi connectivity index (χ1n) is 11.3. The summed E-state index contributed by atoms with van der Waals surface area (Å²) in [5, 5.41) is 7.51. The van der Waals surface area contributed by atoms with E-state index in [0.717, 1.165) is 29.7 Å². The average Bonchev–Trinajstić information content (AvgIpc) is 3.46. The number of nitrogens with zero attached hydrogens (tertiary/aromatic N) is 6. The van der Waals surface area contributed by atoms with Crippen LogP contribution in [0.1, 0.15) is 69.7 Å². The van der Waals surface area contributed by atoms with Crippen molar-refractivity contribution in [3.8, 4) is 0 Å². The molecule has 0 saturated carbocycles. The molecule has 9 heteroatoms. The lowest BCUT2D eigenvalue weighted by atomic mass is 10.0. The van der Waals surface area contributed by atoms with Gasteiger partial charge in [-0.15, -0.1) is 0 Å². The molecule has 9 nitrogen and oxygen atoms in total. The van der Waals surface area contributed by atoms with Crippen LogP contribution in [0.15, 0.2) is 28.9 Å². The van der Waals surface area contributed by atoms with E-state index in [1.54, 1.807) is 16.7 Å². The second kappa shape index (κ2) is 8.38. The van der Waals surface area contributed by atoms with Crippen molar-refractivity contribution in [3.05, 3.63) is 63.9 Å². The van der Waals surface area contributed by atoms with Gasteiger partial charge in [0.1, 0.15) is 11.5 Å². The van der Waals surface area contributed by atoms with Gasteiger partial charge < -0.3 is 4.90 Å². The number of amides is 2. The fraction of sp³-hybridized carbons (Fsp3) is 0.417. The second-order valence-electron chi connectivity index (χ2n) is 8.79. The number of aryl methyl sites for hydroxylation is 3. The molecule has 2 aliphatic heterocycles. The minimum absolute atomic E-state index is 0.0516. The Morgan fingerprint density at radius 2 is 1.85 bits per heavy atom. The van der Waals surface area contributed by atoms with Crippen LogP contribution in [0.5, 0.6) is 0 Å². The summed E-state index contributed by atoms with van der Waals surface area (Å²) >= 11 is 0. The first-order chi connectivity index (χ1) is 15.9. The van der Waals surface area contributed by atoms with Crippen LogP contribution in [0, 0.1) is 20.8 Å². The molecule has 2 aliphatic rings. The minimum atomic E-state index is -0.282. The summed E-state index contributed by atoms with van der Waals surface area (Å²) in [7, 11) is 0. The number of likely N-dealkylation sites (tertiary alicyclic amines) is 1. The van der Waals surface area contributed by atoms with Crippen molar-refractivity contribution in [2.75, 3.05) is 11.4 Å². The van der Waals surface area contributed by atoms with Crippen molar-refractivity contribution in [1.29, 1.82) is 0 Å². The molecular weight excluding hydrogens is 420 g/mol. The zero-order valence-electron chi connectivity index (χ0n) is 19.0. The van der Waals surface area contributed by atoms with E-state index < -0.39 is 0 Å². The van der Waals surface area contributed by atoms with E-state index >= 15 is 0 Å². The number of aromatic nitrogens is 4. The Hall–Kier alpha value is -3.62. The monoisotopic (exact) mass is 446 g/mol. The molecule has 0 aliphatic carbocycles. The summed E-state index contributed by atoms with van der Waals surface area (Å²) in [6.07, 6.45) is 2.66. The van der Waals surface area contributed by atoms with E-state index in [1.165, 1.54) is 5.56 Å². The largest absolute Gasteiger partial charge is 0.327 e. The van der Waals surface area contributed by atoms with Crippen LogP contribution >= 0.6 is 0 Å². The summed E-state index contributed by atoms with van der Waals surface area (Å²) in [6, 6.07) is 7.89. The second-order valence-corrected chi connectivity index (χ2v) is 8.79. The predicted octanol–water partition coefficient (Wildman–Crippen LogP) is 3.24. The van der Waals surface area contributed by atoms with Crippen LogP contribution in [0.25, 0.3) is 0 Å². The number of carbonyl (C=O) groups is 2. The average molecular weight is 447 g/mol. The lowest BCUT2D eigenvalue weighted by molar-refractivity contribution is -0.119. The lowest BCUT2D eigenvalue weighted by Gasteiger charge is -2.31. The van der Waals surface area contributed by atoms with Gasteiger partial charge in [-0.05, 0) is 50.8 Å².